The fraction of sp³-hybridized carbons (Fsp3) is 0.0667. The third kappa shape index (κ3) is 2.82. The fourth-order valence-electron chi connectivity index (χ4n) is 2.08. The van der Waals surface area contributed by atoms with Gasteiger partial charge in [0.15, 0.2) is 5.84 Å². The first-order chi connectivity index (χ1) is 10.5. The number of hydrogen-bond acceptors (Lipinski definition) is 4. The quantitative estimate of drug-likeness (QED) is 0.597. The van der Waals surface area contributed by atoms with Gasteiger partial charge in [-0.15, -0.1) is 4.40 Å². The summed E-state index contributed by atoms with van der Waals surface area (Å²) >= 11 is 3.37. The van der Waals surface area contributed by atoms with Gasteiger partial charge in [-0.1, -0.05) is 40.2 Å². The molecule has 0 atom stereocenters. The second kappa shape index (κ2) is 5.66. The average molecular weight is 378 g/mol. The number of hydrazone groups is 1. The summed E-state index contributed by atoms with van der Waals surface area (Å²) in [5.74, 6) is 0.323. The summed E-state index contributed by atoms with van der Waals surface area (Å²) in [6.07, 6.45) is 1.66. The van der Waals surface area contributed by atoms with E-state index in [1.54, 1.807) is 37.5 Å². The summed E-state index contributed by atoms with van der Waals surface area (Å²) in [6.45, 7) is 0. The van der Waals surface area contributed by atoms with Gasteiger partial charge in [0.1, 0.15) is 4.90 Å². The van der Waals surface area contributed by atoms with Crippen LogP contribution < -0.4 is 0 Å². The molecule has 5 nitrogen and oxygen atoms in total. The molecule has 0 N–H and O–H groups in total. The van der Waals surface area contributed by atoms with E-state index in [-0.39, 0.29) is 4.90 Å². The van der Waals surface area contributed by atoms with Crippen molar-refractivity contribution in [1.29, 1.82) is 0 Å². The lowest BCUT2D eigenvalue weighted by Gasteiger charge is -2.12. The predicted octanol–water partition coefficient (Wildman–Crippen LogP) is 2.86. The highest BCUT2D eigenvalue weighted by molar-refractivity contribution is 9.10. The number of fused-ring (bicyclic) bond motifs is 1. The van der Waals surface area contributed by atoms with Crippen molar-refractivity contribution < 1.29 is 8.42 Å². The van der Waals surface area contributed by atoms with E-state index in [0.29, 0.717) is 11.4 Å². The zero-order chi connectivity index (χ0) is 15.7. The van der Waals surface area contributed by atoms with E-state index >= 15 is 0 Å². The number of sulfonamides is 1. The molecule has 3 rings (SSSR count). The van der Waals surface area contributed by atoms with Gasteiger partial charge in [0.25, 0.3) is 10.0 Å². The molecule has 0 bridgehead atoms. The van der Waals surface area contributed by atoms with Gasteiger partial charge in [-0.3, -0.25) is 0 Å². The van der Waals surface area contributed by atoms with Crippen molar-refractivity contribution in [2.24, 2.45) is 9.50 Å². The van der Waals surface area contributed by atoms with Crippen LogP contribution in [-0.4, -0.2) is 32.5 Å². The minimum absolute atomic E-state index is 0.218. The molecule has 112 valence electrons. The average Bonchev–Trinajstić information content (AvgIpc) is 2.79. The normalized spacial score (nSPS) is 15.6. The van der Waals surface area contributed by atoms with Crippen LogP contribution in [0.25, 0.3) is 0 Å². The molecule has 0 saturated heterocycles. The Bertz CT molecular complexity index is 874. The maximum atomic E-state index is 12.0. The molecule has 0 spiro atoms. The first-order valence-electron chi connectivity index (χ1n) is 6.45. The maximum Gasteiger partial charge on any atom is 0.285 e. The minimum Gasteiger partial charge on any atom is -0.250 e. The van der Waals surface area contributed by atoms with Crippen LogP contribution in [0, 0.1) is 0 Å². The molecule has 7 heteroatoms. The zero-order valence-electron chi connectivity index (χ0n) is 11.6. The number of nitrogens with zero attached hydrogens (tertiary/aromatic N) is 3. The van der Waals surface area contributed by atoms with Gasteiger partial charge in [-0.05, 0) is 29.8 Å². The molecule has 0 saturated carbocycles. The van der Waals surface area contributed by atoms with Crippen molar-refractivity contribution in [2.45, 2.75) is 4.90 Å². The van der Waals surface area contributed by atoms with Crippen molar-refractivity contribution in [3.05, 3.63) is 64.1 Å². The van der Waals surface area contributed by atoms with Crippen LogP contribution in [0.15, 0.2) is 67.4 Å². The van der Waals surface area contributed by atoms with Gasteiger partial charge in [-0.2, -0.15) is 13.5 Å². The molecule has 0 aliphatic carbocycles. The van der Waals surface area contributed by atoms with Gasteiger partial charge < -0.3 is 0 Å². The summed E-state index contributed by atoms with van der Waals surface area (Å²) in [5, 5.41) is 5.73. The van der Waals surface area contributed by atoms with Gasteiger partial charge in [0.2, 0.25) is 0 Å². The van der Waals surface area contributed by atoms with Crippen molar-refractivity contribution in [2.75, 3.05) is 7.05 Å². The van der Waals surface area contributed by atoms with Gasteiger partial charge in [0, 0.05) is 17.1 Å². The van der Waals surface area contributed by atoms with Crippen molar-refractivity contribution in [1.82, 2.24) is 5.01 Å². The van der Waals surface area contributed by atoms with Crippen molar-refractivity contribution in [3.8, 4) is 0 Å². The summed E-state index contributed by atoms with van der Waals surface area (Å²) in [5.41, 5.74) is 1.47. The van der Waals surface area contributed by atoms with Gasteiger partial charge in [0.05, 0.1) is 6.21 Å². The Morgan fingerprint density at radius 1 is 1.14 bits per heavy atom. The summed E-state index contributed by atoms with van der Waals surface area (Å²) in [4.78, 5) is 0.218. The molecule has 22 heavy (non-hydrogen) atoms. The number of halogens is 1. The highest BCUT2D eigenvalue weighted by Crippen LogP contribution is 2.26. The number of rotatable bonds is 2. The molecule has 2 aromatic rings. The molecule has 0 fully saturated rings. The van der Waals surface area contributed by atoms with E-state index in [0.717, 1.165) is 10.0 Å². The van der Waals surface area contributed by atoms with Crippen molar-refractivity contribution >= 4 is 38.0 Å². The second-order valence-electron chi connectivity index (χ2n) is 4.71. The lowest BCUT2D eigenvalue weighted by molar-refractivity contribution is 0.549. The smallest absolute Gasteiger partial charge is 0.250 e. The predicted molar refractivity (Wildman–Crippen MR) is 89.7 cm³/mol. The maximum absolute atomic E-state index is 12.0. The SMILES string of the molecule is CN(/N=C\c1ccc(Br)cc1)C1=NS(=O)(=O)c2ccccc21. The molecule has 0 unspecified atom stereocenters. The van der Waals surface area contributed by atoms with E-state index in [1.807, 2.05) is 24.3 Å². The lowest BCUT2D eigenvalue weighted by Crippen LogP contribution is -2.21. The highest BCUT2D eigenvalue weighted by Gasteiger charge is 2.30. The van der Waals surface area contributed by atoms with Gasteiger partial charge >= 0.3 is 0 Å². The number of benzene rings is 2. The third-order valence-electron chi connectivity index (χ3n) is 3.17. The standard InChI is InChI=1S/C15H12BrN3O2S/c1-19(17-10-11-6-8-12(16)9-7-11)15-13-4-2-3-5-14(13)22(20,21)18-15/h2-10H,1H3/b17-10-. The number of amidine groups is 1. The zero-order valence-corrected chi connectivity index (χ0v) is 14.0. The monoisotopic (exact) mass is 377 g/mol. The Balaban J connectivity index is 1.90. The molecule has 1 aliphatic rings. The van der Waals surface area contributed by atoms with E-state index in [4.69, 9.17) is 0 Å². The van der Waals surface area contributed by atoms with Crippen molar-refractivity contribution in [3.63, 3.8) is 0 Å². The first kappa shape index (κ1) is 14.9. The molecular formula is C15H12BrN3O2S. The molecule has 2 aromatic carbocycles. The molecule has 1 aliphatic heterocycles. The molecule has 1 heterocycles. The Hall–Kier alpha value is -1.99. The van der Waals surface area contributed by atoms with E-state index < -0.39 is 10.0 Å². The molecular weight excluding hydrogens is 366 g/mol. The van der Waals surface area contributed by atoms with Crippen LogP contribution in [-0.2, 0) is 10.0 Å². The van der Waals surface area contributed by atoms with E-state index in [1.165, 1.54) is 5.01 Å². The van der Waals surface area contributed by atoms with Gasteiger partial charge in [-0.25, -0.2) is 5.01 Å². The third-order valence-corrected chi connectivity index (χ3v) is 5.02. The highest BCUT2D eigenvalue weighted by atomic mass is 79.9. The van der Waals surface area contributed by atoms with Crippen LogP contribution in [0.2, 0.25) is 0 Å². The molecule has 0 aromatic heterocycles. The lowest BCUT2D eigenvalue weighted by atomic mass is 10.2. The van der Waals surface area contributed by atoms with E-state index in [2.05, 4.69) is 25.4 Å². The molecule has 0 amide bonds. The number of hydrogen-bond donors (Lipinski definition) is 0. The Morgan fingerprint density at radius 2 is 1.82 bits per heavy atom. The minimum atomic E-state index is -3.62. The van der Waals surface area contributed by atoms with Crippen LogP contribution in [0.3, 0.4) is 0 Å². The summed E-state index contributed by atoms with van der Waals surface area (Å²) in [7, 11) is -1.95. The largest absolute Gasteiger partial charge is 0.285 e. The van der Waals surface area contributed by atoms with Crippen LogP contribution >= 0.6 is 15.9 Å². The van der Waals surface area contributed by atoms with Crippen LogP contribution in [0.4, 0.5) is 0 Å². The van der Waals surface area contributed by atoms with Crippen LogP contribution in [0.1, 0.15) is 11.1 Å². The Morgan fingerprint density at radius 3 is 2.55 bits per heavy atom. The first-order valence-corrected chi connectivity index (χ1v) is 8.68. The Kier molecular flexibility index (Phi) is 3.84. The molecule has 0 radical (unpaired) electrons. The van der Waals surface area contributed by atoms with Crippen LogP contribution in [0.5, 0.6) is 0 Å². The Labute approximate surface area is 137 Å². The summed E-state index contributed by atoms with van der Waals surface area (Å²) < 4.78 is 28.8. The topological polar surface area (TPSA) is 62.1 Å². The fourth-order valence-corrected chi connectivity index (χ4v) is 3.57. The summed E-state index contributed by atoms with van der Waals surface area (Å²) in [6, 6.07) is 14.4. The second-order valence-corrected chi connectivity index (χ2v) is 7.19. The van der Waals surface area contributed by atoms with E-state index in [9.17, 15) is 8.42 Å².